The molecule has 2 nitrogen and oxygen atoms in total. The van der Waals surface area contributed by atoms with Gasteiger partial charge < -0.3 is 10.2 Å². The van der Waals surface area contributed by atoms with Gasteiger partial charge in [0.1, 0.15) is 11.9 Å². The Morgan fingerprint density at radius 1 is 1.24 bits per heavy atom. The van der Waals surface area contributed by atoms with Crippen LogP contribution in [0.5, 0.6) is 0 Å². The molecule has 1 aromatic rings. The quantitative estimate of drug-likeness (QED) is 0.582. The van der Waals surface area contributed by atoms with Crippen molar-refractivity contribution >= 4 is 12.6 Å². The maximum atomic E-state index is 13.5. The zero-order valence-electron chi connectivity index (χ0n) is 8.45. The first-order chi connectivity index (χ1) is 7.79. The number of hydrogen-bond donors (Lipinski definition) is 3. The molecule has 0 radical (unpaired) electrons. The van der Waals surface area contributed by atoms with Crippen molar-refractivity contribution in [2.45, 2.75) is 18.4 Å². The van der Waals surface area contributed by atoms with Gasteiger partial charge in [0.15, 0.2) is 0 Å². The highest BCUT2D eigenvalue weighted by Gasteiger charge is 2.36. The monoisotopic (exact) mass is 270 g/mol. The number of halogens is 4. The Bertz CT molecular complexity index is 394. The summed E-state index contributed by atoms with van der Waals surface area (Å²) in [6.45, 7) is 0. The van der Waals surface area contributed by atoms with Crippen molar-refractivity contribution in [1.29, 1.82) is 0 Å². The van der Waals surface area contributed by atoms with E-state index in [1.807, 2.05) is 0 Å². The highest BCUT2D eigenvalue weighted by Crippen LogP contribution is 2.34. The van der Waals surface area contributed by atoms with Gasteiger partial charge in [-0.15, -0.1) is 0 Å². The lowest BCUT2D eigenvalue weighted by Gasteiger charge is -2.18. The molecule has 0 fully saturated rings. The molecule has 1 rings (SSSR count). The molecule has 0 saturated heterocycles. The molecule has 0 aliphatic carbocycles. The standard InChI is InChI=1S/C10H10F4O2S/c11-8-5(9(16)7(15)4-17)2-1-3-6(8)10(12,13)14/h1-3,7,9,15-17H,4H2. The van der Waals surface area contributed by atoms with Crippen LogP contribution in [-0.2, 0) is 6.18 Å². The smallest absolute Gasteiger partial charge is 0.389 e. The van der Waals surface area contributed by atoms with E-state index in [0.29, 0.717) is 6.07 Å². The van der Waals surface area contributed by atoms with Crippen LogP contribution < -0.4 is 0 Å². The van der Waals surface area contributed by atoms with Gasteiger partial charge in [-0.1, -0.05) is 12.1 Å². The fourth-order valence-corrected chi connectivity index (χ4v) is 1.50. The normalized spacial score (nSPS) is 15.7. The first-order valence-corrected chi connectivity index (χ1v) is 5.25. The van der Waals surface area contributed by atoms with Crippen LogP contribution in [0.15, 0.2) is 18.2 Å². The predicted molar refractivity (Wildman–Crippen MR) is 56.2 cm³/mol. The third-order valence-electron chi connectivity index (χ3n) is 2.20. The molecule has 0 aliphatic heterocycles. The lowest BCUT2D eigenvalue weighted by Crippen LogP contribution is -2.22. The van der Waals surface area contributed by atoms with E-state index in [-0.39, 0.29) is 5.75 Å². The second kappa shape index (κ2) is 5.24. The van der Waals surface area contributed by atoms with Gasteiger partial charge in [-0.3, -0.25) is 0 Å². The van der Waals surface area contributed by atoms with Crippen molar-refractivity contribution < 1.29 is 27.8 Å². The van der Waals surface area contributed by atoms with Gasteiger partial charge in [0.05, 0.1) is 11.7 Å². The van der Waals surface area contributed by atoms with Crippen molar-refractivity contribution in [2.24, 2.45) is 0 Å². The Kier molecular flexibility index (Phi) is 4.40. The van der Waals surface area contributed by atoms with Gasteiger partial charge in [0, 0.05) is 11.3 Å². The minimum absolute atomic E-state index is 0.198. The number of aliphatic hydroxyl groups excluding tert-OH is 2. The Labute approximate surface area is 100 Å². The SMILES string of the molecule is OC(CS)C(O)c1cccc(C(F)(F)F)c1F. The molecule has 17 heavy (non-hydrogen) atoms. The number of aliphatic hydroxyl groups is 2. The van der Waals surface area contributed by atoms with Gasteiger partial charge in [-0.05, 0) is 6.07 Å². The molecule has 2 N–H and O–H groups in total. The van der Waals surface area contributed by atoms with E-state index in [1.54, 1.807) is 0 Å². The zero-order valence-corrected chi connectivity index (χ0v) is 9.34. The number of benzene rings is 1. The Hall–Kier alpha value is -0.790. The molecule has 0 amide bonds. The fraction of sp³-hybridized carbons (Fsp3) is 0.400. The Balaban J connectivity index is 3.19. The summed E-state index contributed by atoms with van der Waals surface area (Å²) in [5.74, 6) is -1.77. The summed E-state index contributed by atoms with van der Waals surface area (Å²) < 4.78 is 50.6. The second-order valence-corrected chi connectivity index (χ2v) is 3.77. The largest absolute Gasteiger partial charge is 0.419 e. The van der Waals surface area contributed by atoms with Crippen LogP contribution in [0.1, 0.15) is 17.2 Å². The summed E-state index contributed by atoms with van der Waals surface area (Å²) in [5, 5.41) is 18.7. The first-order valence-electron chi connectivity index (χ1n) is 4.61. The van der Waals surface area contributed by atoms with E-state index < -0.39 is 35.3 Å². The maximum absolute atomic E-state index is 13.5. The van der Waals surface area contributed by atoms with Gasteiger partial charge in [0.25, 0.3) is 0 Å². The average molecular weight is 270 g/mol. The van der Waals surface area contributed by atoms with Gasteiger partial charge in [0.2, 0.25) is 0 Å². The molecule has 96 valence electrons. The average Bonchev–Trinajstić information content (AvgIpc) is 2.25. The van der Waals surface area contributed by atoms with Crippen LogP contribution in [0.2, 0.25) is 0 Å². The van der Waals surface area contributed by atoms with Crippen molar-refractivity contribution in [3.05, 3.63) is 35.1 Å². The molecular weight excluding hydrogens is 260 g/mol. The number of thiol groups is 1. The molecular formula is C10H10F4O2S. The third kappa shape index (κ3) is 3.11. The highest BCUT2D eigenvalue weighted by atomic mass is 32.1. The number of hydrogen-bond acceptors (Lipinski definition) is 3. The summed E-state index contributed by atoms with van der Waals surface area (Å²) in [4.78, 5) is 0. The summed E-state index contributed by atoms with van der Waals surface area (Å²) >= 11 is 3.67. The van der Waals surface area contributed by atoms with Crippen LogP contribution in [0.4, 0.5) is 17.6 Å². The van der Waals surface area contributed by atoms with Crippen LogP contribution in [0, 0.1) is 5.82 Å². The Morgan fingerprint density at radius 3 is 2.29 bits per heavy atom. The second-order valence-electron chi connectivity index (χ2n) is 3.40. The maximum Gasteiger partial charge on any atom is 0.419 e. The molecule has 2 atom stereocenters. The van der Waals surface area contributed by atoms with E-state index in [1.165, 1.54) is 0 Å². The van der Waals surface area contributed by atoms with Crippen LogP contribution in [0.25, 0.3) is 0 Å². The van der Waals surface area contributed by atoms with Crippen molar-refractivity contribution in [3.63, 3.8) is 0 Å². The fourth-order valence-electron chi connectivity index (χ4n) is 1.30. The lowest BCUT2D eigenvalue weighted by atomic mass is 10.0. The molecule has 7 heteroatoms. The van der Waals surface area contributed by atoms with Crippen molar-refractivity contribution in [3.8, 4) is 0 Å². The molecule has 0 bridgehead atoms. The summed E-state index contributed by atoms with van der Waals surface area (Å²) in [5.41, 5.74) is -2.07. The predicted octanol–water partition coefficient (Wildman–Crippen LogP) is 2.17. The van der Waals surface area contributed by atoms with Crippen LogP contribution >= 0.6 is 12.6 Å². The van der Waals surface area contributed by atoms with Crippen LogP contribution in [0.3, 0.4) is 0 Å². The minimum atomic E-state index is -4.84. The van der Waals surface area contributed by atoms with Crippen molar-refractivity contribution in [2.75, 3.05) is 5.75 Å². The van der Waals surface area contributed by atoms with Crippen molar-refractivity contribution in [1.82, 2.24) is 0 Å². The number of alkyl halides is 3. The third-order valence-corrected chi connectivity index (χ3v) is 2.58. The van der Waals surface area contributed by atoms with E-state index >= 15 is 0 Å². The van der Waals surface area contributed by atoms with E-state index in [9.17, 15) is 27.8 Å². The zero-order chi connectivity index (χ0) is 13.2. The minimum Gasteiger partial charge on any atom is -0.389 e. The van der Waals surface area contributed by atoms with Crippen LogP contribution in [-0.4, -0.2) is 22.1 Å². The first kappa shape index (κ1) is 14.3. The highest BCUT2D eigenvalue weighted by molar-refractivity contribution is 7.80. The molecule has 1 aromatic carbocycles. The molecule has 0 spiro atoms. The molecule has 0 saturated carbocycles. The van der Waals surface area contributed by atoms with Gasteiger partial charge in [-0.2, -0.15) is 25.8 Å². The topological polar surface area (TPSA) is 40.5 Å². The van der Waals surface area contributed by atoms with Gasteiger partial charge in [-0.25, -0.2) is 4.39 Å². The number of rotatable bonds is 3. The van der Waals surface area contributed by atoms with E-state index in [4.69, 9.17) is 0 Å². The van der Waals surface area contributed by atoms with E-state index in [0.717, 1.165) is 12.1 Å². The molecule has 0 heterocycles. The van der Waals surface area contributed by atoms with E-state index in [2.05, 4.69) is 12.6 Å². The summed E-state index contributed by atoms with van der Waals surface area (Å²) in [6.07, 6.45) is -8.02. The molecule has 0 aliphatic rings. The lowest BCUT2D eigenvalue weighted by molar-refractivity contribution is -0.140. The molecule has 2 unspecified atom stereocenters. The molecule has 0 aromatic heterocycles. The Morgan fingerprint density at radius 2 is 1.82 bits per heavy atom. The summed E-state index contributed by atoms with van der Waals surface area (Å²) in [7, 11) is 0. The summed E-state index contributed by atoms with van der Waals surface area (Å²) in [6, 6.07) is 2.52. The van der Waals surface area contributed by atoms with Gasteiger partial charge >= 0.3 is 6.18 Å².